The van der Waals surface area contributed by atoms with Crippen LogP contribution in [0.3, 0.4) is 0 Å². The summed E-state index contributed by atoms with van der Waals surface area (Å²) in [5.41, 5.74) is 2.71. The van der Waals surface area contributed by atoms with Crippen LogP contribution in [0.4, 0.5) is 0 Å². The zero-order chi connectivity index (χ0) is 20.2. The Morgan fingerprint density at radius 1 is 1.21 bits per heavy atom. The summed E-state index contributed by atoms with van der Waals surface area (Å²) in [5.74, 6) is 0.109. The van der Waals surface area contributed by atoms with Gasteiger partial charge in [-0.1, -0.05) is 18.9 Å². The summed E-state index contributed by atoms with van der Waals surface area (Å²) < 4.78 is 7.25. The predicted octanol–water partition coefficient (Wildman–Crippen LogP) is 2.93. The molecule has 1 aromatic carbocycles. The fraction of sp³-hybridized carbons (Fsp3) is 0.500. The van der Waals surface area contributed by atoms with Gasteiger partial charge >= 0.3 is 0 Å². The summed E-state index contributed by atoms with van der Waals surface area (Å²) in [4.78, 5) is 24.8. The number of ether oxygens (including phenoxy) is 1. The molecule has 1 saturated carbocycles. The monoisotopic (exact) mass is 396 g/mol. The standard InChI is InChI=1S/C22H28N4O3/c1-29-18-10-4-6-15(12-18)22(28)23-13-20(27)24-19-11-5-7-16-14-26(25-21(16)19)17-8-2-3-9-17/h4,6,10,12,14,17,19H,2-3,5,7-9,11,13H2,1H3,(H,23,28)(H,24,27). The third kappa shape index (κ3) is 4.44. The molecule has 1 atom stereocenters. The molecule has 0 radical (unpaired) electrons. The maximum Gasteiger partial charge on any atom is 0.251 e. The number of methoxy groups -OCH3 is 1. The smallest absolute Gasteiger partial charge is 0.251 e. The van der Waals surface area contributed by atoms with Crippen LogP contribution in [-0.4, -0.2) is 35.2 Å². The van der Waals surface area contributed by atoms with Crippen molar-refractivity contribution in [2.75, 3.05) is 13.7 Å². The van der Waals surface area contributed by atoms with E-state index < -0.39 is 0 Å². The summed E-state index contributed by atoms with van der Waals surface area (Å²) in [6, 6.07) is 7.28. The van der Waals surface area contributed by atoms with Crippen LogP contribution < -0.4 is 15.4 Å². The summed E-state index contributed by atoms with van der Waals surface area (Å²) in [6.07, 6.45) is 10.0. The molecule has 1 aromatic heterocycles. The van der Waals surface area contributed by atoms with Crippen LogP contribution in [0.1, 0.15) is 72.2 Å². The lowest BCUT2D eigenvalue weighted by molar-refractivity contribution is -0.121. The molecule has 7 heteroatoms. The van der Waals surface area contributed by atoms with Gasteiger partial charge in [0.15, 0.2) is 0 Å². The van der Waals surface area contributed by atoms with Crippen LogP contribution in [0.15, 0.2) is 30.5 Å². The Balaban J connectivity index is 1.35. The minimum atomic E-state index is -0.297. The van der Waals surface area contributed by atoms with Gasteiger partial charge in [0.25, 0.3) is 5.91 Å². The van der Waals surface area contributed by atoms with Crippen LogP contribution in [0.25, 0.3) is 0 Å². The molecule has 0 spiro atoms. The Labute approximate surface area is 170 Å². The maximum atomic E-state index is 12.5. The van der Waals surface area contributed by atoms with Crippen molar-refractivity contribution in [3.63, 3.8) is 0 Å². The summed E-state index contributed by atoms with van der Waals surface area (Å²) in [7, 11) is 1.55. The molecule has 1 fully saturated rings. The predicted molar refractivity (Wildman–Crippen MR) is 109 cm³/mol. The molecule has 2 aliphatic carbocycles. The van der Waals surface area contributed by atoms with Gasteiger partial charge in [-0.25, -0.2) is 0 Å². The van der Waals surface area contributed by atoms with E-state index in [1.807, 2.05) is 0 Å². The Kier molecular flexibility index (Phi) is 5.83. The van der Waals surface area contributed by atoms with Crippen molar-refractivity contribution in [1.82, 2.24) is 20.4 Å². The minimum Gasteiger partial charge on any atom is -0.497 e. The first-order valence-corrected chi connectivity index (χ1v) is 10.4. The highest BCUT2D eigenvalue weighted by Gasteiger charge is 2.27. The fourth-order valence-corrected chi connectivity index (χ4v) is 4.33. The second kappa shape index (κ2) is 8.68. The Morgan fingerprint density at radius 2 is 2.03 bits per heavy atom. The lowest BCUT2D eigenvalue weighted by Crippen LogP contribution is -2.39. The second-order valence-electron chi connectivity index (χ2n) is 7.88. The van der Waals surface area contributed by atoms with E-state index in [9.17, 15) is 9.59 Å². The fourth-order valence-electron chi connectivity index (χ4n) is 4.33. The van der Waals surface area contributed by atoms with Crippen molar-refractivity contribution in [3.05, 3.63) is 47.3 Å². The van der Waals surface area contributed by atoms with Gasteiger partial charge in [0.2, 0.25) is 5.91 Å². The maximum absolute atomic E-state index is 12.5. The molecule has 2 aliphatic rings. The number of carbonyl (C=O) groups is 2. The molecule has 2 N–H and O–H groups in total. The third-order valence-corrected chi connectivity index (χ3v) is 5.88. The quantitative estimate of drug-likeness (QED) is 0.786. The first-order chi connectivity index (χ1) is 14.1. The van der Waals surface area contributed by atoms with Gasteiger partial charge in [0.05, 0.1) is 31.4 Å². The molecule has 1 unspecified atom stereocenters. The molecule has 1 heterocycles. The summed E-state index contributed by atoms with van der Waals surface area (Å²) >= 11 is 0. The molecule has 0 bridgehead atoms. The van der Waals surface area contributed by atoms with E-state index in [0.29, 0.717) is 17.4 Å². The number of nitrogens with zero attached hydrogens (tertiary/aromatic N) is 2. The van der Waals surface area contributed by atoms with Crippen LogP contribution in [-0.2, 0) is 11.2 Å². The van der Waals surface area contributed by atoms with Gasteiger partial charge in [-0.05, 0) is 55.9 Å². The van der Waals surface area contributed by atoms with Crippen molar-refractivity contribution in [3.8, 4) is 5.75 Å². The number of aromatic nitrogens is 2. The number of fused-ring (bicyclic) bond motifs is 1. The number of nitrogens with one attached hydrogen (secondary N) is 2. The third-order valence-electron chi connectivity index (χ3n) is 5.88. The highest BCUT2D eigenvalue weighted by molar-refractivity contribution is 5.96. The van der Waals surface area contributed by atoms with Crippen molar-refractivity contribution in [2.24, 2.45) is 0 Å². The summed E-state index contributed by atoms with van der Waals surface area (Å²) in [6.45, 7) is -0.0643. The molecule has 2 amide bonds. The van der Waals surface area contributed by atoms with Gasteiger partial charge in [-0.15, -0.1) is 0 Å². The number of rotatable bonds is 6. The van der Waals surface area contributed by atoms with E-state index in [1.54, 1.807) is 31.4 Å². The lowest BCUT2D eigenvalue weighted by atomic mass is 9.94. The highest BCUT2D eigenvalue weighted by Crippen LogP contribution is 2.33. The van der Waals surface area contributed by atoms with Crippen molar-refractivity contribution in [1.29, 1.82) is 0 Å². The van der Waals surface area contributed by atoms with Crippen LogP contribution in [0, 0.1) is 0 Å². The molecule has 2 aromatic rings. The zero-order valence-corrected chi connectivity index (χ0v) is 16.8. The molecule has 4 rings (SSSR count). The van der Waals surface area contributed by atoms with E-state index >= 15 is 0 Å². The van der Waals surface area contributed by atoms with E-state index in [-0.39, 0.29) is 24.4 Å². The molecule has 29 heavy (non-hydrogen) atoms. The van der Waals surface area contributed by atoms with Gasteiger partial charge in [-0.3, -0.25) is 14.3 Å². The molecular weight excluding hydrogens is 368 g/mol. The van der Waals surface area contributed by atoms with E-state index in [1.165, 1.54) is 31.2 Å². The Hall–Kier alpha value is -2.83. The van der Waals surface area contributed by atoms with Crippen LogP contribution >= 0.6 is 0 Å². The second-order valence-corrected chi connectivity index (χ2v) is 7.88. The van der Waals surface area contributed by atoms with Crippen molar-refractivity contribution in [2.45, 2.75) is 57.0 Å². The average molecular weight is 396 g/mol. The number of amides is 2. The topological polar surface area (TPSA) is 85.2 Å². The highest BCUT2D eigenvalue weighted by atomic mass is 16.5. The van der Waals surface area contributed by atoms with Crippen molar-refractivity contribution >= 4 is 11.8 Å². The molecular formula is C22H28N4O3. The van der Waals surface area contributed by atoms with Crippen molar-refractivity contribution < 1.29 is 14.3 Å². The Bertz CT molecular complexity index is 886. The average Bonchev–Trinajstić information content (AvgIpc) is 3.42. The van der Waals surface area contributed by atoms with E-state index in [4.69, 9.17) is 9.84 Å². The SMILES string of the molecule is COc1cccc(C(=O)NCC(=O)NC2CCCc3cn(C4CCCC4)nc32)c1. The number of hydrogen-bond acceptors (Lipinski definition) is 4. The van der Waals surface area contributed by atoms with Gasteiger partial charge in [0, 0.05) is 11.8 Å². The molecule has 0 saturated heterocycles. The molecule has 7 nitrogen and oxygen atoms in total. The van der Waals surface area contributed by atoms with Crippen LogP contribution in [0.2, 0.25) is 0 Å². The first-order valence-electron chi connectivity index (χ1n) is 10.4. The first kappa shape index (κ1) is 19.5. The molecule has 154 valence electrons. The van der Waals surface area contributed by atoms with E-state index in [0.717, 1.165) is 25.0 Å². The number of benzene rings is 1. The Morgan fingerprint density at radius 3 is 2.83 bits per heavy atom. The van der Waals surface area contributed by atoms with Gasteiger partial charge in [0.1, 0.15) is 5.75 Å². The zero-order valence-electron chi connectivity index (χ0n) is 16.8. The van der Waals surface area contributed by atoms with Crippen LogP contribution in [0.5, 0.6) is 5.75 Å². The normalized spacial score (nSPS) is 18.9. The summed E-state index contributed by atoms with van der Waals surface area (Å²) in [5, 5.41) is 10.6. The lowest BCUT2D eigenvalue weighted by Gasteiger charge is -2.22. The number of carbonyl (C=O) groups excluding carboxylic acids is 2. The number of hydrogen-bond donors (Lipinski definition) is 2. The van der Waals surface area contributed by atoms with Gasteiger partial charge < -0.3 is 15.4 Å². The minimum absolute atomic E-state index is 0.0643. The molecule has 0 aliphatic heterocycles. The van der Waals surface area contributed by atoms with E-state index in [2.05, 4.69) is 21.5 Å². The largest absolute Gasteiger partial charge is 0.497 e. The van der Waals surface area contributed by atoms with Gasteiger partial charge in [-0.2, -0.15) is 5.10 Å². The number of aryl methyl sites for hydroxylation is 1.